The molecule has 3 rings (SSSR count). The minimum absolute atomic E-state index is 0.0429. The Morgan fingerprint density at radius 3 is 2.54 bits per heavy atom. The number of nitrogens with zero attached hydrogens (tertiary/aromatic N) is 1. The lowest BCUT2D eigenvalue weighted by Crippen LogP contribution is -2.39. The fourth-order valence-electron chi connectivity index (χ4n) is 3.03. The summed E-state index contributed by atoms with van der Waals surface area (Å²) in [6, 6.07) is 9.99. The molecule has 1 aromatic carbocycles. The van der Waals surface area contributed by atoms with Crippen LogP contribution in [0.25, 0.3) is 10.6 Å². The van der Waals surface area contributed by atoms with E-state index in [1.165, 1.54) is 11.3 Å². The molecule has 0 unspecified atom stereocenters. The molecule has 5 nitrogen and oxygen atoms in total. The molecule has 0 radical (unpaired) electrons. The van der Waals surface area contributed by atoms with Crippen LogP contribution in [0, 0.1) is 5.92 Å². The van der Waals surface area contributed by atoms with Crippen molar-refractivity contribution in [2.75, 3.05) is 0 Å². The van der Waals surface area contributed by atoms with Gasteiger partial charge in [0.05, 0.1) is 18.0 Å². The third-order valence-electron chi connectivity index (χ3n) is 4.36. The molecule has 126 valence electrons. The molecule has 0 atom stereocenters. The fourth-order valence-corrected chi connectivity index (χ4v) is 3.86. The number of aromatic nitrogens is 1. The highest BCUT2D eigenvalue weighted by atomic mass is 32.1. The van der Waals surface area contributed by atoms with Crippen LogP contribution in [0.2, 0.25) is 0 Å². The maximum atomic E-state index is 12.2. The van der Waals surface area contributed by atoms with Crippen LogP contribution in [0.3, 0.4) is 0 Å². The van der Waals surface area contributed by atoms with Crippen molar-refractivity contribution in [3.8, 4) is 10.6 Å². The van der Waals surface area contributed by atoms with Crippen LogP contribution in [0.5, 0.6) is 0 Å². The Morgan fingerprint density at radius 2 is 1.88 bits per heavy atom. The van der Waals surface area contributed by atoms with Crippen molar-refractivity contribution in [3.63, 3.8) is 0 Å². The molecule has 1 heterocycles. The third kappa shape index (κ3) is 4.20. The molecule has 6 heteroatoms. The van der Waals surface area contributed by atoms with E-state index in [0.717, 1.165) is 29.1 Å². The van der Waals surface area contributed by atoms with Crippen LogP contribution in [-0.4, -0.2) is 28.0 Å². The summed E-state index contributed by atoms with van der Waals surface area (Å²) in [4.78, 5) is 27.7. The Balaban J connectivity index is 1.51. The predicted molar refractivity (Wildman–Crippen MR) is 92.8 cm³/mol. The lowest BCUT2D eigenvalue weighted by Gasteiger charge is -2.26. The van der Waals surface area contributed by atoms with Crippen molar-refractivity contribution >= 4 is 23.2 Å². The van der Waals surface area contributed by atoms with Crippen molar-refractivity contribution in [3.05, 3.63) is 41.4 Å². The van der Waals surface area contributed by atoms with Gasteiger partial charge in [0.15, 0.2) is 0 Å². The number of carboxylic acids is 1. The number of hydrogen-bond acceptors (Lipinski definition) is 4. The SMILES string of the molecule is O=C(Cc1csc(-c2ccccc2)n1)NC1CCC(C(=O)O)CC1. The number of carboxylic acid groups (broad SMARTS) is 1. The average Bonchev–Trinajstić information content (AvgIpc) is 3.04. The number of amides is 1. The van der Waals surface area contributed by atoms with Crippen molar-refractivity contribution in [2.24, 2.45) is 5.92 Å². The smallest absolute Gasteiger partial charge is 0.306 e. The van der Waals surface area contributed by atoms with Gasteiger partial charge in [-0.2, -0.15) is 0 Å². The number of aliphatic carboxylic acids is 1. The van der Waals surface area contributed by atoms with E-state index in [0.29, 0.717) is 12.8 Å². The van der Waals surface area contributed by atoms with Crippen LogP contribution >= 0.6 is 11.3 Å². The summed E-state index contributed by atoms with van der Waals surface area (Å²) in [5.74, 6) is -1.03. The first-order chi connectivity index (χ1) is 11.6. The molecule has 1 aliphatic carbocycles. The van der Waals surface area contributed by atoms with Gasteiger partial charge in [0.2, 0.25) is 5.91 Å². The fraction of sp³-hybridized carbons (Fsp3) is 0.389. The third-order valence-corrected chi connectivity index (χ3v) is 5.30. The van der Waals surface area contributed by atoms with E-state index >= 15 is 0 Å². The monoisotopic (exact) mass is 344 g/mol. The highest BCUT2D eigenvalue weighted by molar-refractivity contribution is 7.13. The molecule has 0 spiro atoms. The Bertz CT molecular complexity index is 706. The second-order valence-corrected chi connectivity index (χ2v) is 7.00. The number of benzene rings is 1. The van der Waals surface area contributed by atoms with Crippen LogP contribution in [0.1, 0.15) is 31.4 Å². The first kappa shape index (κ1) is 16.6. The molecule has 0 saturated heterocycles. The molecule has 1 aromatic heterocycles. The van der Waals surface area contributed by atoms with Gasteiger partial charge in [0.25, 0.3) is 0 Å². The van der Waals surface area contributed by atoms with Gasteiger partial charge in [0, 0.05) is 17.0 Å². The Hall–Kier alpha value is -2.21. The van der Waals surface area contributed by atoms with E-state index in [9.17, 15) is 9.59 Å². The molecule has 2 N–H and O–H groups in total. The first-order valence-electron chi connectivity index (χ1n) is 8.14. The van der Waals surface area contributed by atoms with E-state index in [1.807, 2.05) is 35.7 Å². The zero-order valence-electron chi connectivity index (χ0n) is 13.3. The average molecular weight is 344 g/mol. The van der Waals surface area contributed by atoms with Crippen LogP contribution in [0.15, 0.2) is 35.7 Å². The number of carbonyl (C=O) groups excluding carboxylic acids is 1. The molecule has 0 bridgehead atoms. The summed E-state index contributed by atoms with van der Waals surface area (Å²) in [7, 11) is 0. The predicted octanol–water partition coefficient (Wildman–Crippen LogP) is 3.11. The Morgan fingerprint density at radius 1 is 1.17 bits per heavy atom. The standard InChI is InChI=1S/C18H20N2O3S/c21-16(19-14-8-6-13(7-9-14)18(22)23)10-15-11-24-17(20-15)12-4-2-1-3-5-12/h1-5,11,13-14H,6-10H2,(H,19,21)(H,22,23). The zero-order chi connectivity index (χ0) is 16.9. The van der Waals surface area contributed by atoms with E-state index in [1.54, 1.807) is 0 Å². The quantitative estimate of drug-likeness (QED) is 0.873. The molecule has 0 aliphatic heterocycles. The van der Waals surface area contributed by atoms with Crippen molar-refractivity contribution in [1.29, 1.82) is 0 Å². The Labute approximate surface area is 144 Å². The first-order valence-corrected chi connectivity index (χ1v) is 9.02. The summed E-state index contributed by atoms with van der Waals surface area (Å²) in [6.07, 6.45) is 3.00. The maximum absolute atomic E-state index is 12.2. The topological polar surface area (TPSA) is 79.3 Å². The van der Waals surface area contributed by atoms with E-state index in [2.05, 4.69) is 10.3 Å². The molecule has 1 saturated carbocycles. The van der Waals surface area contributed by atoms with Crippen LogP contribution in [-0.2, 0) is 16.0 Å². The van der Waals surface area contributed by atoms with Gasteiger partial charge < -0.3 is 10.4 Å². The van der Waals surface area contributed by atoms with Crippen LogP contribution < -0.4 is 5.32 Å². The molecule has 24 heavy (non-hydrogen) atoms. The van der Waals surface area contributed by atoms with Crippen LogP contribution in [0.4, 0.5) is 0 Å². The second kappa shape index (κ2) is 7.57. The highest BCUT2D eigenvalue weighted by Gasteiger charge is 2.26. The molecular formula is C18H20N2O3S. The lowest BCUT2D eigenvalue weighted by molar-refractivity contribution is -0.142. The van der Waals surface area contributed by atoms with Crippen molar-refractivity contribution in [2.45, 2.75) is 38.1 Å². The summed E-state index contributed by atoms with van der Waals surface area (Å²) >= 11 is 1.54. The number of hydrogen-bond donors (Lipinski definition) is 2. The number of thiazole rings is 1. The minimum atomic E-state index is -0.726. The van der Waals surface area contributed by atoms with Gasteiger partial charge in [0.1, 0.15) is 5.01 Å². The van der Waals surface area contributed by atoms with Gasteiger partial charge in [-0.1, -0.05) is 30.3 Å². The molecule has 1 fully saturated rings. The van der Waals surface area contributed by atoms with Gasteiger partial charge in [-0.25, -0.2) is 4.98 Å². The zero-order valence-corrected chi connectivity index (χ0v) is 14.1. The number of nitrogens with one attached hydrogen (secondary N) is 1. The van der Waals surface area contributed by atoms with Gasteiger partial charge in [-0.15, -0.1) is 11.3 Å². The van der Waals surface area contributed by atoms with E-state index in [4.69, 9.17) is 5.11 Å². The van der Waals surface area contributed by atoms with Gasteiger partial charge >= 0.3 is 5.97 Å². The largest absolute Gasteiger partial charge is 0.481 e. The highest BCUT2D eigenvalue weighted by Crippen LogP contribution is 2.25. The normalized spacial score (nSPS) is 20.5. The Kier molecular flexibility index (Phi) is 5.25. The molecule has 2 aromatic rings. The second-order valence-electron chi connectivity index (χ2n) is 6.14. The van der Waals surface area contributed by atoms with E-state index in [-0.39, 0.29) is 24.3 Å². The molecule has 1 aliphatic rings. The lowest BCUT2D eigenvalue weighted by atomic mass is 9.86. The summed E-state index contributed by atoms with van der Waals surface area (Å²) in [5, 5.41) is 14.8. The van der Waals surface area contributed by atoms with Crippen molar-refractivity contribution in [1.82, 2.24) is 10.3 Å². The van der Waals surface area contributed by atoms with Crippen molar-refractivity contribution < 1.29 is 14.7 Å². The van der Waals surface area contributed by atoms with E-state index < -0.39 is 5.97 Å². The summed E-state index contributed by atoms with van der Waals surface area (Å²) < 4.78 is 0. The molecular weight excluding hydrogens is 324 g/mol. The minimum Gasteiger partial charge on any atom is -0.481 e. The summed E-state index contributed by atoms with van der Waals surface area (Å²) in [5.41, 5.74) is 1.83. The summed E-state index contributed by atoms with van der Waals surface area (Å²) in [6.45, 7) is 0. The molecule has 1 amide bonds. The number of rotatable bonds is 5. The van der Waals surface area contributed by atoms with Gasteiger partial charge in [-0.3, -0.25) is 9.59 Å². The number of carbonyl (C=O) groups is 2. The van der Waals surface area contributed by atoms with Gasteiger partial charge in [-0.05, 0) is 25.7 Å². The maximum Gasteiger partial charge on any atom is 0.306 e.